The Labute approximate surface area is 201 Å². The topological polar surface area (TPSA) is 51.0 Å². The van der Waals surface area contributed by atoms with Crippen LogP contribution in [0.4, 0.5) is 0 Å². The number of fused-ring (bicyclic) bond motifs is 1. The van der Waals surface area contributed by atoms with Crippen molar-refractivity contribution in [3.8, 4) is 0 Å². The van der Waals surface area contributed by atoms with Crippen LogP contribution in [-0.2, 0) is 13.1 Å². The molecule has 0 saturated heterocycles. The summed E-state index contributed by atoms with van der Waals surface area (Å²) in [4.78, 5) is 20.6. The Morgan fingerprint density at radius 3 is 2.50 bits per heavy atom. The van der Waals surface area contributed by atoms with E-state index in [4.69, 9.17) is 0 Å². The second-order valence-corrected chi connectivity index (χ2v) is 9.32. The number of hydrogen-bond acceptors (Lipinski definition) is 3. The number of amides is 1. The zero-order valence-electron chi connectivity index (χ0n) is 20.0. The van der Waals surface area contributed by atoms with Crippen LogP contribution in [-0.4, -0.2) is 31.6 Å². The number of rotatable bonds is 6. The molecular formula is C29H32N4O. The van der Waals surface area contributed by atoms with Crippen LogP contribution < -0.4 is 0 Å². The first-order valence-corrected chi connectivity index (χ1v) is 12.4. The Kier molecular flexibility index (Phi) is 6.43. The van der Waals surface area contributed by atoms with E-state index < -0.39 is 0 Å². The molecule has 2 heterocycles. The van der Waals surface area contributed by atoms with Gasteiger partial charge >= 0.3 is 0 Å². The van der Waals surface area contributed by atoms with Crippen molar-refractivity contribution in [2.45, 2.75) is 64.6 Å². The third-order valence-electron chi connectivity index (χ3n) is 7.17. The summed E-state index contributed by atoms with van der Waals surface area (Å²) in [7, 11) is 0. The summed E-state index contributed by atoms with van der Waals surface area (Å²) in [6.07, 6.45) is 6.07. The van der Waals surface area contributed by atoms with E-state index in [1.807, 2.05) is 49.0 Å². The molecule has 0 unspecified atom stereocenters. The van der Waals surface area contributed by atoms with E-state index in [1.54, 1.807) is 0 Å². The molecule has 0 aliphatic heterocycles. The second-order valence-electron chi connectivity index (χ2n) is 9.32. The van der Waals surface area contributed by atoms with Crippen molar-refractivity contribution in [3.63, 3.8) is 0 Å². The first-order chi connectivity index (χ1) is 16.6. The van der Waals surface area contributed by atoms with Crippen molar-refractivity contribution in [2.75, 3.05) is 0 Å². The zero-order valence-corrected chi connectivity index (χ0v) is 20.0. The molecule has 2 aromatic heterocycles. The van der Waals surface area contributed by atoms with E-state index in [0.717, 1.165) is 47.8 Å². The molecule has 0 bridgehead atoms. The predicted molar refractivity (Wildman–Crippen MR) is 136 cm³/mol. The average Bonchev–Trinajstić information content (AvgIpc) is 3.28. The van der Waals surface area contributed by atoms with Crippen LogP contribution in [0.5, 0.6) is 0 Å². The summed E-state index contributed by atoms with van der Waals surface area (Å²) >= 11 is 0. The molecule has 5 nitrogen and oxygen atoms in total. The van der Waals surface area contributed by atoms with Gasteiger partial charge in [0.2, 0.25) is 0 Å². The maximum Gasteiger partial charge on any atom is 0.272 e. The van der Waals surface area contributed by atoms with Crippen LogP contribution in [0, 0.1) is 6.92 Å². The van der Waals surface area contributed by atoms with Crippen LogP contribution in [0.2, 0.25) is 0 Å². The predicted octanol–water partition coefficient (Wildman–Crippen LogP) is 6.13. The Bertz CT molecular complexity index is 1270. The number of aryl methyl sites for hydroxylation is 2. The highest BCUT2D eigenvalue weighted by Gasteiger charge is 2.32. The van der Waals surface area contributed by atoms with Gasteiger partial charge in [-0.2, -0.15) is 5.10 Å². The molecule has 5 heteroatoms. The van der Waals surface area contributed by atoms with Crippen molar-refractivity contribution in [1.29, 1.82) is 0 Å². The summed E-state index contributed by atoms with van der Waals surface area (Å²) in [6.45, 7) is 5.25. The summed E-state index contributed by atoms with van der Waals surface area (Å²) in [5.74, 6) is 0.645. The minimum Gasteiger partial charge on any atom is -0.330 e. The third-order valence-corrected chi connectivity index (χ3v) is 7.17. The van der Waals surface area contributed by atoms with Crippen molar-refractivity contribution in [2.24, 2.45) is 0 Å². The minimum absolute atomic E-state index is 0.0755. The van der Waals surface area contributed by atoms with Crippen molar-refractivity contribution < 1.29 is 4.79 Å². The highest BCUT2D eigenvalue weighted by Crippen LogP contribution is 2.36. The number of hydrogen-bond donors (Lipinski definition) is 0. The maximum atomic E-state index is 14.0. The molecule has 0 N–H and O–H groups in total. The molecule has 1 saturated carbocycles. The summed E-state index contributed by atoms with van der Waals surface area (Å²) in [5.41, 5.74) is 5.09. The Morgan fingerprint density at radius 1 is 1.00 bits per heavy atom. The van der Waals surface area contributed by atoms with Crippen molar-refractivity contribution in [1.82, 2.24) is 19.7 Å². The van der Waals surface area contributed by atoms with Gasteiger partial charge in [0.1, 0.15) is 5.69 Å². The number of carbonyl (C=O) groups is 1. The summed E-state index contributed by atoms with van der Waals surface area (Å²) < 4.78 is 1.84. The largest absolute Gasteiger partial charge is 0.330 e. The molecule has 1 aliphatic carbocycles. The van der Waals surface area contributed by atoms with Gasteiger partial charge in [-0.3, -0.25) is 14.5 Å². The number of carbonyl (C=O) groups excluding carboxylic acids is 1. The normalized spacial score (nSPS) is 18.2. The molecule has 1 fully saturated rings. The minimum atomic E-state index is 0.0755. The lowest BCUT2D eigenvalue weighted by molar-refractivity contribution is 0.0594. The quantitative estimate of drug-likeness (QED) is 0.354. The lowest BCUT2D eigenvalue weighted by atomic mass is 9.81. The highest BCUT2D eigenvalue weighted by molar-refractivity contribution is 5.93. The van der Waals surface area contributed by atoms with Crippen LogP contribution in [0.1, 0.15) is 65.8 Å². The van der Waals surface area contributed by atoms with Crippen molar-refractivity contribution >= 4 is 16.8 Å². The van der Waals surface area contributed by atoms with E-state index >= 15 is 0 Å². The van der Waals surface area contributed by atoms with E-state index in [2.05, 4.69) is 57.4 Å². The molecule has 2 aromatic carbocycles. The number of nitrogens with zero attached hydrogens (tertiary/aromatic N) is 4. The maximum absolute atomic E-state index is 14.0. The van der Waals surface area contributed by atoms with Gasteiger partial charge in [0.15, 0.2) is 0 Å². The SMILES string of the molecule is CCn1nc(C)cc1C(=O)N(Cc1ccnc2ccccc12)C1CCC(c2ccccc2)CC1. The van der Waals surface area contributed by atoms with Gasteiger partial charge in [0.05, 0.1) is 11.2 Å². The number of para-hydroxylation sites is 1. The number of benzene rings is 2. The Morgan fingerprint density at radius 2 is 1.74 bits per heavy atom. The van der Waals surface area contributed by atoms with Gasteiger partial charge in [-0.05, 0) is 74.8 Å². The van der Waals surface area contributed by atoms with E-state index in [1.165, 1.54) is 5.56 Å². The molecular weight excluding hydrogens is 420 g/mol. The van der Waals surface area contributed by atoms with E-state index in [9.17, 15) is 4.79 Å². The van der Waals surface area contributed by atoms with Gasteiger partial charge in [0, 0.05) is 30.7 Å². The first kappa shape index (κ1) is 22.3. The fraction of sp³-hybridized carbons (Fsp3) is 0.345. The lowest BCUT2D eigenvalue weighted by Crippen LogP contribution is -2.42. The van der Waals surface area contributed by atoms with Gasteiger partial charge < -0.3 is 4.90 Å². The fourth-order valence-electron chi connectivity index (χ4n) is 5.40. The standard InChI is InChI=1S/C29H32N4O/c1-3-33-28(19-21(2)31-33)29(34)32(20-24-17-18-30-27-12-8-7-11-26(24)27)25-15-13-23(14-16-25)22-9-5-4-6-10-22/h4-12,17-19,23,25H,3,13-16,20H2,1-2H3. The van der Waals surface area contributed by atoms with Gasteiger partial charge in [0.25, 0.3) is 5.91 Å². The van der Waals surface area contributed by atoms with Crippen molar-refractivity contribution in [3.05, 3.63) is 95.4 Å². The van der Waals surface area contributed by atoms with Gasteiger partial charge in [-0.15, -0.1) is 0 Å². The fourth-order valence-corrected chi connectivity index (χ4v) is 5.40. The molecule has 0 spiro atoms. The van der Waals surface area contributed by atoms with Crippen LogP contribution in [0.25, 0.3) is 10.9 Å². The molecule has 1 aliphatic rings. The molecule has 34 heavy (non-hydrogen) atoms. The number of pyridine rings is 1. The van der Waals surface area contributed by atoms with E-state index in [-0.39, 0.29) is 11.9 Å². The average molecular weight is 453 g/mol. The zero-order chi connectivity index (χ0) is 23.5. The monoisotopic (exact) mass is 452 g/mol. The third kappa shape index (κ3) is 4.47. The van der Waals surface area contributed by atoms with E-state index in [0.29, 0.717) is 24.7 Å². The molecule has 0 radical (unpaired) electrons. The number of aromatic nitrogens is 3. The van der Waals surface area contributed by atoms with Crippen LogP contribution >= 0.6 is 0 Å². The smallest absolute Gasteiger partial charge is 0.272 e. The lowest BCUT2D eigenvalue weighted by Gasteiger charge is -2.37. The van der Waals surface area contributed by atoms with Gasteiger partial charge in [-0.25, -0.2) is 0 Å². The highest BCUT2D eigenvalue weighted by atomic mass is 16.2. The Hall–Kier alpha value is -3.47. The second kappa shape index (κ2) is 9.80. The summed E-state index contributed by atoms with van der Waals surface area (Å²) in [6, 6.07) is 23.2. The molecule has 5 rings (SSSR count). The molecule has 1 amide bonds. The molecule has 0 atom stereocenters. The first-order valence-electron chi connectivity index (χ1n) is 12.4. The van der Waals surface area contributed by atoms with Gasteiger partial charge in [-0.1, -0.05) is 48.5 Å². The van der Waals surface area contributed by atoms with Crippen LogP contribution in [0.3, 0.4) is 0 Å². The van der Waals surface area contributed by atoms with Crippen LogP contribution in [0.15, 0.2) is 72.9 Å². The molecule has 174 valence electrons. The molecule has 4 aromatic rings. The summed E-state index contributed by atoms with van der Waals surface area (Å²) in [5, 5.41) is 5.66. The Balaban J connectivity index is 1.45.